The van der Waals surface area contributed by atoms with Gasteiger partial charge in [-0.25, -0.2) is 0 Å². The molecule has 1 fully saturated rings. The van der Waals surface area contributed by atoms with Crippen LogP contribution < -0.4 is 0 Å². The number of rotatable bonds is 2. The Balaban J connectivity index is 2.42. The number of hydrogen-bond acceptors (Lipinski definition) is 2. The van der Waals surface area contributed by atoms with Gasteiger partial charge in [0, 0.05) is 0 Å². The molecule has 0 unspecified atom stereocenters. The van der Waals surface area contributed by atoms with Crippen LogP contribution in [0.3, 0.4) is 0 Å². The van der Waals surface area contributed by atoms with Crippen molar-refractivity contribution in [2.75, 3.05) is 6.61 Å². The van der Waals surface area contributed by atoms with Gasteiger partial charge in [-0.05, 0) is 31.9 Å². The molecule has 0 spiro atoms. The number of aryl methyl sites for hydroxylation is 2. The van der Waals surface area contributed by atoms with Crippen molar-refractivity contribution < 1.29 is 9.84 Å². The van der Waals surface area contributed by atoms with Crippen LogP contribution in [-0.2, 0) is 10.3 Å². The van der Waals surface area contributed by atoms with E-state index in [2.05, 4.69) is 32.0 Å². The van der Waals surface area contributed by atoms with Gasteiger partial charge in [-0.1, -0.05) is 23.8 Å². The molecule has 1 aliphatic heterocycles. The second-order valence-electron chi connectivity index (χ2n) is 4.17. The van der Waals surface area contributed by atoms with Gasteiger partial charge < -0.3 is 9.84 Å². The van der Waals surface area contributed by atoms with Crippen LogP contribution in [0.4, 0.5) is 0 Å². The third-order valence-electron chi connectivity index (χ3n) is 2.97. The predicted octanol–water partition coefficient (Wildman–Crippen LogP) is 1.91. The lowest BCUT2D eigenvalue weighted by Gasteiger charge is -2.18. The predicted molar refractivity (Wildman–Crippen MR) is 55.2 cm³/mol. The van der Waals surface area contributed by atoms with Crippen LogP contribution in [-0.4, -0.2) is 17.8 Å². The number of aliphatic hydroxyl groups excluding tert-OH is 1. The van der Waals surface area contributed by atoms with Crippen LogP contribution in [0.15, 0.2) is 18.2 Å². The SMILES string of the molecule is Cc1ccc([C@@]2([C@@H](C)O)CO2)c(C)c1. The summed E-state index contributed by atoms with van der Waals surface area (Å²) < 4.78 is 5.41. The lowest BCUT2D eigenvalue weighted by Crippen LogP contribution is -2.25. The largest absolute Gasteiger partial charge is 0.390 e. The van der Waals surface area contributed by atoms with Crippen LogP contribution >= 0.6 is 0 Å². The summed E-state index contributed by atoms with van der Waals surface area (Å²) in [6.45, 7) is 6.55. The van der Waals surface area contributed by atoms with E-state index in [1.165, 1.54) is 11.1 Å². The van der Waals surface area contributed by atoms with Crippen molar-refractivity contribution in [2.45, 2.75) is 32.5 Å². The monoisotopic (exact) mass is 192 g/mol. The first-order valence-corrected chi connectivity index (χ1v) is 4.96. The molecule has 0 aliphatic carbocycles. The van der Waals surface area contributed by atoms with E-state index < -0.39 is 11.7 Å². The maximum absolute atomic E-state index is 9.66. The van der Waals surface area contributed by atoms with Crippen molar-refractivity contribution in [3.63, 3.8) is 0 Å². The Kier molecular flexibility index (Phi) is 2.13. The topological polar surface area (TPSA) is 32.8 Å². The second-order valence-corrected chi connectivity index (χ2v) is 4.17. The van der Waals surface area contributed by atoms with Crippen LogP contribution in [0.5, 0.6) is 0 Å². The van der Waals surface area contributed by atoms with E-state index in [9.17, 15) is 5.11 Å². The highest BCUT2D eigenvalue weighted by Gasteiger charge is 2.51. The molecule has 1 aliphatic rings. The number of hydrogen-bond donors (Lipinski definition) is 1. The van der Waals surface area contributed by atoms with Crippen LogP contribution in [0, 0.1) is 13.8 Å². The molecular formula is C12H16O2. The van der Waals surface area contributed by atoms with E-state index in [4.69, 9.17) is 4.74 Å². The Morgan fingerprint density at radius 2 is 2.07 bits per heavy atom. The summed E-state index contributed by atoms with van der Waals surface area (Å²) in [5.74, 6) is 0. The minimum atomic E-state index is -0.441. The van der Waals surface area contributed by atoms with Crippen molar-refractivity contribution in [2.24, 2.45) is 0 Å². The standard InChI is InChI=1S/C12H16O2/c1-8-4-5-11(9(2)6-8)12(7-14-12)10(3)13/h4-6,10,13H,7H2,1-3H3/t10-,12+/m1/s1. The molecular weight excluding hydrogens is 176 g/mol. The molecule has 2 atom stereocenters. The summed E-state index contributed by atoms with van der Waals surface area (Å²) in [4.78, 5) is 0. The Labute approximate surface area is 84.5 Å². The molecule has 0 aromatic heterocycles. The highest BCUT2D eigenvalue weighted by molar-refractivity contribution is 5.38. The maximum Gasteiger partial charge on any atom is 0.142 e. The van der Waals surface area contributed by atoms with Crippen molar-refractivity contribution >= 4 is 0 Å². The Bertz CT molecular complexity index is 351. The van der Waals surface area contributed by atoms with Gasteiger partial charge in [0.25, 0.3) is 0 Å². The zero-order chi connectivity index (χ0) is 10.3. The van der Waals surface area contributed by atoms with Gasteiger partial charge in [0.1, 0.15) is 5.60 Å². The molecule has 2 heteroatoms. The Morgan fingerprint density at radius 3 is 2.50 bits per heavy atom. The first-order chi connectivity index (χ1) is 6.56. The van der Waals surface area contributed by atoms with E-state index in [-0.39, 0.29) is 0 Å². The lowest BCUT2D eigenvalue weighted by molar-refractivity contribution is 0.0883. The summed E-state index contributed by atoms with van der Waals surface area (Å²) in [5.41, 5.74) is 3.15. The quantitative estimate of drug-likeness (QED) is 0.726. The highest BCUT2D eigenvalue weighted by Crippen LogP contribution is 2.43. The Morgan fingerprint density at radius 1 is 1.43 bits per heavy atom. The summed E-state index contributed by atoms with van der Waals surface area (Å²) >= 11 is 0. The van der Waals surface area contributed by atoms with Gasteiger partial charge in [-0.15, -0.1) is 0 Å². The van der Waals surface area contributed by atoms with Gasteiger partial charge >= 0.3 is 0 Å². The molecule has 0 radical (unpaired) electrons. The van der Waals surface area contributed by atoms with Crippen LogP contribution in [0.25, 0.3) is 0 Å². The molecule has 1 aromatic rings. The zero-order valence-corrected chi connectivity index (χ0v) is 8.87. The van der Waals surface area contributed by atoms with Gasteiger partial charge in [-0.2, -0.15) is 0 Å². The van der Waals surface area contributed by atoms with Crippen molar-refractivity contribution in [3.05, 3.63) is 34.9 Å². The molecule has 1 aromatic carbocycles. The third kappa shape index (κ3) is 1.35. The fourth-order valence-corrected chi connectivity index (χ4v) is 1.99. The first-order valence-electron chi connectivity index (χ1n) is 4.96. The van der Waals surface area contributed by atoms with Crippen molar-refractivity contribution in [1.82, 2.24) is 0 Å². The molecule has 2 nitrogen and oxygen atoms in total. The molecule has 0 saturated carbocycles. The summed E-state index contributed by atoms with van der Waals surface area (Å²) in [6, 6.07) is 6.25. The minimum Gasteiger partial charge on any atom is -0.390 e. The van der Waals surface area contributed by atoms with E-state index in [1.807, 2.05) is 0 Å². The number of epoxide rings is 1. The van der Waals surface area contributed by atoms with Gasteiger partial charge in [0.2, 0.25) is 0 Å². The van der Waals surface area contributed by atoms with E-state index in [0.29, 0.717) is 6.61 Å². The molecule has 1 saturated heterocycles. The van der Waals surface area contributed by atoms with Gasteiger partial charge in [0.15, 0.2) is 0 Å². The molecule has 76 valence electrons. The molecule has 0 amide bonds. The molecule has 1 N–H and O–H groups in total. The average molecular weight is 192 g/mol. The number of aliphatic hydroxyl groups is 1. The smallest absolute Gasteiger partial charge is 0.142 e. The molecule has 1 heterocycles. The van der Waals surface area contributed by atoms with E-state index >= 15 is 0 Å². The normalized spacial score (nSPS) is 27.4. The lowest BCUT2D eigenvalue weighted by atomic mass is 9.90. The minimum absolute atomic E-state index is 0.419. The number of benzene rings is 1. The van der Waals surface area contributed by atoms with E-state index in [0.717, 1.165) is 5.56 Å². The highest BCUT2D eigenvalue weighted by atomic mass is 16.6. The average Bonchev–Trinajstić information content (AvgIpc) is 2.84. The van der Waals surface area contributed by atoms with Crippen molar-refractivity contribution in [1.29, 1.82) is 0 Å². The van der Waals surface area contributed by atoms with Crippen LogP contribution in [0.2, 0.25) is 0 Å². The van der Waals surface area contributed by atoms with E-state index in [1.54, 1.807) is 6.92 Å². The molecule has 0 bridgehead atoms. The van der Waals surface area contributed by atoms with Gasteiger partial charge in [-0.3, -0.25) is 0 Å². The summed E-state index contributed by atoms with van der Waals surface area (Å²) in [7, 11) is 0. The summed E-state index contributed by atoms with van der Waals surface area (Å²) in [6.07, 6.45) is -0.441. The summed E-state index contributed by atoms with van der Waals surface area (Å²) in [5, 5.41) is 9.66. The van der Waals surface area contributed by atoms with Gasteiger partial charge in [0.05, 0.1) is 12.7 Å². The molecule has 14 heavy (non-hydrogen) atoms. The number of ether oxygens (including phenoxy) is 1. The first kappa shape index (κ1) is 9.69. The third-order valence-corrected chi connectivity index (χ3v) is 2.97. The molecule has 2 rings (SSSR count). The zero-order valence-electron chi connectivity index (χ0n) is 8.87. The van der Waals surface area contributed by atoms with Crippen molar-refractivity contribution in [3.8, 4) is 0 Å². The fraction of sp³-hybridized carbons (Fsp3) is 0.500. The Hall–Kier alpha value is -0.860. The fourth-order valence-electron chi connectivity index (χ4n) is 1.99. The van der Waals surface area contributed by atoms with Crippen LogP contribution in [0.1, 0.15) is 23.6 Å². The second kappa shape index (κ2) is 3.07. The maximum atomic E-state index is 9.66.